The predicted molar refractivity (Wildman–Crippen MR) is 112 cm³/mol. The first-order valence-electron chi connectivity index (χ1n) is 8.86. The molecule has 3 aromatic heterocycles. The molecule has 1 N–H and O–H groups in total. The van der Waals surface area contributed by atoms with Crippen LogP contribution in [0.5, 0.6) is 5.88 Å². The number of rotatable bonds is 6. The first kappa shape index (κ1) is 22.5. The zero-order valence-corrected chi connectivity index (χ0v) is 18.0. The van der Waals surface area contributed by atoms with Gasteiger partial charge in [-0.1, -0.05) is 11.6 Å². The van der Waals surface area contributed by atoms with Crippen LogP contribution in [0, 0.1) is 11.6 Å². The maximum atomic E-state index is 15.6. The van der Waals surface area contributed by atoms with Gasteiger partial charge in [0.25, 0.3) is 0 Å². The van der Waals surface area contributed by atoms with E-state index in [9.17, 15) is 17.9 Å². The summed E-state index contributed by atoms with van der Waals surface area (Å²) < 4.78 is 61.2. The summed E-state index contributed by atoms with van der Waals surface area (Å²) >= 11 is 2.83. The van der Waals surface area contributed by atoms with Crippen molar-refractivity contribution >= 4 is 45.7 Å². The SMILES string of the molecule is COc1ncc(Cl)cc1N(c1ccc(F)c(-c2cn3cnc(C(=O)O)c3cn2)c1F)S(=O)[O-]. The van der Waals surface area contributed by atoms with E-state index in [4.69, 9.17) is 21.4 Å². The minimum Gasteiger partial charge on any atom is -0.755 e. The lowest BCUT2D eigenvalue weighted by Crippen LogP contribution is -2.22. The first-order valence-corrected chi connectivity index (χ1v) is 10.3. The Kier molecular flexibility index (Phi) is 5.93. The molecule has 0 spiro atoms. The van der Waals surface area contributed by atoms with Gasteiger partial charge in [0.1, 0.15) is 17.8 Å². The third-order valence-corrected chi connectivity index (χ3v) is 5.43. The second-order valence-electron chi connectivity index (χ2n) is 6.41. The summed E-state index contributed by atoms with van der Waals surface area (Å²) in [6.45, 7) is 0. The Bertz CT molecular complexity index is 1430. The molecule has 0 amide bonds. The van der Waals surface area contributed by atoms with E-state index in [2.05, 4.69) is 15.0 Å². The molecule has 0 radical (unpaired) electrons. The average molecular weight is 495 g/mol. The van der Waals surface area contributed by atoms with E-state index in [0.29, 0.717) is 4.31 Å². The molecule has 1 aromatic carbocycles. The van der Waals surface area contributed by atoms with E-state index >= 15 is 4.39 Å². The Balaban J connectivity index is 1.91. The van der Waals surface area contributed by atoms with Crippen LogP contribution in [0.25, 0.3) is 16.8 Å². The minimum atomic E-state index is -3.09. The minimum absolute atomic E-state index is 0.0467. The highest BCUT2D eigenvalue weighted by Crippen LogP contribution is 2.39. The molecular formula is C19H11ClF2N5O5S-. The zero-order chi connectivity index (χ0) is 23.9. The van der Waals surface area contributed by atoms with Gasteiger partial charge in [0.05, 0.1) is 52.1 Å². The number of nitrogens with zero attached hydrogens (tertiary/aromatic N) is 5. The van der Waals surface area contributed by atoms with Gasteiger partial charge in [-0.25, -0.2) is 23.5 Å². The molecule has 0 saturated carbocycles. The van der Waals surface area contributed by atoms with Crippen LogP contribution in [0.1, 0.15) is 10.5 Å². The van der Waals surface area contributed by atoms with E-state index < -0.39 is 40.1 Å². The highest BCUT2D eigenvalue weighted by Gasteiger charge is 2.25. The number of benzene rings is 1. The molecule has 1 atom stereocenters. The lowest BCUT2D eigenvalue weighted by atomic mass is 10.1. The molecule has 10 nitrogen and oxygen atoms in total. The number of halogens is 3. The summed E-state index contributed by atoms with van der Waals surface area (Å²) in [6.07, 6.45) is 4.61. The highest BCUT2D eigenvalue weighted by atomic mass is 35.5. The molecule has 170 valence electrons. The van der Waals surface area contributed by atoms with Crippen LogP contribution >= 0.6 is 11.6 Å². The molecule has 3 heterocycles. The standard InChI is InChI=1S/C19H12ClF2N5O5S/c1-32-18-13(4-9(20)5-24-18)27(33(30)31)12-3-2-10(21)15(16(12)22)11-7-26-8-25-17(19(28)29)14(26)6-23-11/h2-8H,1H3,(H,28,29)(H,30,31)/p-1. The summed E-state index contributed by atoms with van der Waals surface area (Å²) in [6, 6.07) is 2.97. The summed E-state index contributed by atoms with van der Waals surface area (Å²) in [5.41, 5.74) is -1.84. The number of carbonyl (C=O) groups is 1. The Morgan fingerprint density at radius 2 is 2.00 bits per heavy atom. The maximum Gasteiger partial charge on any atom is 0.356 e. The number of imidazole rings is 1. The molecule has 4 rings (SSSR count). The Labute approximate surface area is 191 Å². The van der Waals surface area contributed by atoms with Crippen molar-refractivity contribution in [3.8, 4) is 17.1 Å². The number of methoxy groups -OCH3 is 1. The quantitative estimate of drug-likeness (QED) is 0.403. The lowest BCUT2D eigenvalue weighted by Gasteiger charge is -2.28. The molecule has 33 heavy (non-hydrogen) atoms. The summed E-state index contributed by atoms with van der Waals surface area (Å²) in [5.74, 6) is -3.77. The number of fused-ring (bicyclic) bond motifs is 1. The molecular weight excluding hydrogens is 484 g/mol. The second-order valence-corrected chi connectivity index (χ2v) is 7.65. The predicted octanol–water partition coefficient (Wildman–Crippen LogP) is 3.36. The zero-order valence-electron chi connectivity index (χ0n) is 16.4. The van der Waals surface area contributed by atoms with Crippen molar-refractivity contribution < 1.29 is 32.2 Å². The molecule has 0 aliphatic rings. The van der Waals surface area contributed by atoms with Gasteiger partial charge in [0.2, 0.25) is 5.88 Å². The monoisotopic (exact) mass is 494 g/mol. The van der Waals surface area contributed by atoms with Gasteiger partial charge in [-0.15, -0.1) is 0 Å². The molecule has 0 aliphatic heterocycles. The Morgan fingerprint density at radius 3 is 2.67 bits per heavy atom. The Hall–Kier alpha value is -3.68. The van der Waals surface area contributed by atoms with Gasteiger partial charge in [-0.3, -0.25) is 13.5 Å². The van der Waals surface area contributed by atoms with Crippen molar-refractivity contribution in [2.24, 2.45) is 0 Å². The number of aromatic carboxylic acids is 1. The third-order valence-electron chi connectivity index (χ3n) is 4.53. The molecule has 0 bridgehead atoms. The number of aromatic nitrogens is 4. The largest absolute Gasteiger partial charge is 0.755 e. The molecule has 0 fully saturated rings. The van der Waals surface area contributed by atoms with Crippen LogP contribution in [0.2, 0.25) is 5.02 Å². The van der Waals surface area contributed by atoms with E-state index in [0.717, 1.165) is 24.7 Å². The van der Waals surface area contributed by atoms with Crippen molar-refractivity contribution in [1.82, 2.24) is 19.4 Å². The Morgan fingerprint density at radius 1 is 1.24 bits per heavy atom. The maximum absolute atomic E-state index is 15.6. The van der Waals surface area contributed by atoms with Crippen LogP contribution in [0.4, 0.5) is 20.2 Å². The topological polar surface area (TPSA) is 133 Å². The van der Waals surface area contributed by atoms with Gasteiger partial charge in [0.15, 0.2) is 11.5 Å². The van der Waals surface area contributed by atoms with Gasteiger partial charge < -0.3 is 18.8 Å². The van der Waals surface area contributed by atoms with Crippen molar-refractivity contribution in [2.45, 2.75) is 0 Å². The molecule has 14 heteroatoms. The van der Waals surface area contributed by atoms with E-state index in [1.54, 1.807) is 0 Å². The van der Waals surface area contributed by atoms with Crippen molar-refractivity contribution in [3.63, 3.8) is 0 Å². The normalized spacial score (nSPS) is 12.0. The molecule has 4 aromatic rings. The van der Waals surface area contributed by atoms with E-state index in [1.165, 1.54) is 30.0 Å². The van der Waals surface area contributed by atoms with Crippen LogP contribution in [0.3, 0.4) is 0 Å². The number of hydrogen-bond donors (Lipinski definition) is 1. The highest BCUT2D eigenvalue weighted by molar-refractivity contribution is 7.81. The fourth-order valence-corrected chi connectivity index (χ4v) is 3.88. The van der Waals surface area contributed by atoms with Crippen LogP contribution < -0.4 is 9.04 Å². The first-order chi connectivity index (χ1) is 15.7. The van der Waals surface area contributed by atoms with Crippen LogP contribution in [0.15, 0.2) is 43.1 Å². The number of anilines is 2. The smallest absolute Gasteiger partial charge is 0.356 e. The average Bonchev–Trinajstić information content (AvgIpc) is 3.19. The van der Waals surface area contributed by atoms with E-state index in [1.807, 2.05) is 0 Å². The summed E-state index contributed by atoms with van der Waals surface area (Å²) in [5, 5.41) is 9.20. The van der Waals surface area contributed by atoms with Crippen LogP contribution in [-0.4, -0.2) is 46.3 Å². The van der Waals surface area contributed by atoms with Crippen LogP contribution in [-0.2, 0) is 11.3 Å². The second kappa shape index (κ2) is 8.69. The molecule has 1 unspecified atom stereocenters. The van der Waals surface area contributed by atoms with Gasteiger partial charge in [-0.2, -0.15) is 0 Å². The van der Waals surface area contributed by atoms with Crippen molar-refractivity contribution in [3.05, 3.63) is 65.5 Å². The number of pyridine rings is 1. The lowest BCUT2D eigenvalue weighted by molar-refractivity contribution is 0.0693. The fraction of sp³-hybridized carbons (Fsp3) is 0.0526. The molecule has 0 aliphatic carbocycles. The summed E-state index contributed by atoms with van der Waals surface area (Å²) in [4.78, 5) is 22.8. The number of hydrogen-bond acceptors (Lipinski definition) is 7. The fourth-order valence-electron chi connectivity index (χ4n) is 3.13. The van der Waals surface area contributed by atoms with Crippen molar-refractivity contribution in [2.75, 3.05) is 11.4 Å². The number of carboxylic acids is 1. The van der Waals surface area contributed by atoms with Gasteiger partial charge >= 0.3 is 5.97 Å². The van der Waals surface area contributed by atoms with Gasteiger partial charge in [-0.05, 0) is 18.2 Å². The number of carboxylic acid groups (broad SMARTS) is 1. The van der Waals surface area contributed by atoms with E-state index in [-0.39, 0.29) is 33.5 Å². The molecule has 0 saturated heterocycles. The van der Waals surface area contributed by atoms with Gasteiger partial charge in [0, 0.05) is 12.4 Å². The van der Waals surface area contributed by atoms with Crippen molar-refractivity contribution in [1.29, 1.82) is 0 Å². The summed E-state index contributed by atoms with van der Waals surface area (Å²) in [7, 11) is 1.23. The third kappa shape index (κ3) is 3.97. The number of ether oxygens (including phenoxy) is 1.